The van der Waals surface area contributed by atoms with Gasteiger partial charge in [0.2, 0.25) is 0 Å². The fourth-order valence-electron chi connectivity index (χ4n) is 4.12. The minimum Gasteiger partial charge on any atom is -0.535 e. The number of hydrogen-bond donors (Lipinski definition) is 4. The molecule has 194 valence electrons. The summed E-state index contributed by atoms with van der Waals surface area (Å²) in [6, 6.07) is -0.452. The summed E-state index contributed by atoms with van der Waals surface area (Å²) in [6.07, 6.45) is -1.93. The maximum absolute atomic E-state index is 13.9. The molecule has 2 heterocycles. The van der Waals surface area contributed by atoms with E-state index in [1.807, 2.05) is 0 Å². The van der Waals surface area contributed by atoms with E-state index in [0.717, 1.165) is 11.0 Å². The van der Waals surface area contributed by atoms with Crippen LogP contribution < -0.4 is 9.97 Å². The number of carboxylic acids is 1. The van der Waals surface area contributed by atoms with Crippen molar-refractivity contribution in [3.63, 3.8) is 0 Å². The van der Waals surface area contributed by atoms with Crippen LogP contribution >= 0.6 is 0 Å². The Morgan fingerprint density at radius 2 is 1.94 bits per heavy atom. The van der Waals surface area contributed by atoms with Gasteiger partial charge >= 0.3 is 30.9 Å². The van der Waals surface area contributed by atoms with Crippen LogP contribution in [0, 0.1) is 5.82 Å². The number of nitrogens with zero attached hydrogens (tertiary/aromatic N) is 2. The van der Waals surface area contributed by atoms with E-state index in [1.165, 1.54) is 13.0 Å². The number of rotatable bonds is 8. The number of carbonyl (C=O) groups is 5. The first-order valence-electron chi connectivity index (χ1n) is 11.0. The summed E-state index contributed by atoms with van der Waals surface area (Å²) in [5.41, 5.74) is -0.513. The lowest BCUT2D eigenvalue weighted by Crippen LogP contribution is -2.61. The molecule has 1 aromatic carbocycles. The number of alkyl halides is 1. The van der Waals surface area contributed by atoms with Gasteiger partial charge in [-0.1, -0.05) is 6.07 Å². The lowest BCUT2D eigenvalue weighted by atomic mass is 9.64. The standard InChI is InChI=1S/C21H24BF2N3O9/c1-10(28)16(25-21(34)27-7-6-26(5-4-23)18(30)19(27)31)14(29)9-12-8-11-2-3-13(24)15(20(32)33)17(11)36-22(12)35/h2-3,10,12,16,28,35H,4-9H2,1H3,(H,25,34)(H,32,33)/t10-,12-,16-/m1/s1. The van der Waals surface area contributed by atoms with Crippen LogP contribution in [-0.2, 0) is 20.8 Å². The van der Waals surface area contributed by atoms with Gasteiger partial charge in [0.1, 0.15) is 29.8 Å². The average molecular weight is 511 g/mol. The van der Waals surface area contributed by atoms with Crippen molar-refractivity contribution in [3.8, 4) is 5.75 Å². The fraction of sp³-hybridized carbons (Fsp3) is 0.476. The highest BCUT2D eigenvalue weighted by Gasteiger charge is 2.42. The second kappa shape index (κ2) is 11.0. The second-order valence-corrected chi connectivity index (χ2v) is 8.46. The van der Waals surface area contributed by atoms with Crippen LogP contribution in [0.2, 0.25) is 5.82 Å². The zero-order valence-corrected chi connectivity index (χ0v) is 19.1. The molecule has 4 N–H and O–H groups in total. The average Bonchev–Trinajstić information content (AvgIpc) is 2.80. The number of ketones is 1. The molecule has 1 fully saturated rings. The molecule has 0 spiro atoms. The maximum atomic E-state index is 13.9. The summed E-state index contributed by atoms with van der Waals surface area (Å²) in [7, 11) is -1.69. The Kier molecular flexibility index (Phi) is 8.25. The molecule has 15 heteroatoms. The number of carboxylic acid groups (broad SMARTS) is 1. The van der Waals surface area contributed by atoms with Crippen LogP contribution in [0.5, 0.6) is 5.75 Å². The monoisotopic (exact) mass is 511 g/mol. The van der Waals surface area contributed by atoms with E-state index in [2.05, 4.69) is 5.32 Å². The number of nitrogens with one attached hydrogen (secondary N) is 1. The summed E-state index contributed by atoms with van der Waals surface area (Å²) in [4.78, 5) is 62.7. The van der Waals surface area contributed by atoms with Crippen molar-refractivity contribution in [1.82, 2.24) is 15.1 Å². The van der Waals surface area contributed by atoms with Gasteiger partial charge in [0.25, 0.3) is 0 Å². The number of halogens is 2. The summed E-state index contributed by atoms with van der Waals surface area (Å²) in [5.74, 6) is -6.97. The zero-order chi connectivity index (χ0) is 26.7. The van der Waals surface area contributed by atoms with Gasteiger partial charge in [-0.15, -0.1) is 0 Å². The Morgan fingerprint density at radius 1 is 1.25 bits per heavy atom. The van der Waals surface area contributed by atoms with Gasteiger partial charge < -0.3 is 30.1 Å². The zero-order valence-electron chi connectivity index (χ0n) is 19.1. The molecule has 1 aromatic rings. The SMILES string of the molecule is C[C@@H](O)[C@@H](NC(=O)N1CCN(CCF)C(=O)C1=O)C(=O)C[C@H]1Cc2ccc(F)c(C(=O)O)c2OB1O. The normalized spacial score (nSPS) is 19.4. The van der Waals surface area contributed by atoms with Crippen molar-refractivity contribution < 1.29 is 52.6 Å². The Hall–Kier alpha value is -3.59. The predicted octanol–water partition coefficient (Wildman–Crippen LogP) is -0.632. The van der Waals surface area contributed by atoms with Crippen LogP contribution in [0.1, 0.15) is 29.3 Å². The van der Waals surface area contributed by atoms with Crippen molar-refractivity contribution >= 4 is 36.7 Å². The molecule has 3 rings (SSSR count). The van der Waals surface area contributed by atoms with Gasteiger partial charge in [-0.2, -0.15) is 0 Å². The van der Waals surface area contributed by atoms with E-state index >= 15 is 0 Å². The molecule has 0 aromatic heterocycles. The van der Waals surface area contributed by atoms with Gasteiger partial charge in [-0.3, -0.25) is 19.3 Å². The molecule has 0 saturated carbocycles. The van der Waals surface area contributed by atoms with Crippen LogP contribution in [0.3, 0.4) is 0 Å². The highest BCUT2D eigenvalue weighted by atomic mass is 19.1. The lowest BCUT2D eigenvalue weighted by molar-refractivity contribution is -0.153. The molecular formula is C21H24BF2N3O9. The van der Waals surface area contributed by atoms with Gasteiger partial charge in [-0.05, 0) is 25.0 Å². The van der Waals surface area contributed by atoms with Crippen molar-refractivity contribution in [3.05, 3.63) is 29.1 Å². The Morgan fingerprint density at radius 3 is 2.56 bits per heavy atom. The summed E-state index contributed by atoms with van der Waals surface area (Å²) < 4.78 is 31.6. The number of aromatic carboxylic acids is 1. The molecule has 12 nitrogen and oxygen atoms in total. The molecule has 1 saturated heterocycles. The largest absolute Gasteiger partial charge is 0.535 e. The first-order valence-corrected chi connectivity index (χ1v) is 11.0. The quantitative estimate of drug-likeness (QED) is 0.262. The number of urea groups is 1. The number of piperazine rings is 1. The molecule has 3 atom stereocenters. The number of hydrogen-bond acceptors (Lipinski definition) is 8. The molecular weight excluding hydrogens is 487 g/mol. The number of benzene rings is 1. The van der Waals surface area contributed by atoms with E-state index < -0.39 is 79.2 Å². The summed E-state index contributed by atoms with van der Waals surface area (Å²) in [5, 5.41) is 31.9. The predicted molar refractivity (Wildman–Crippen MR) is 117 cm³/mol. The van der Waals surface area contributed by atoms with Crippen LogP contribution in [0.25, 0.3) is 0 Å². The van der Waals surface area contributed by atoms with Gasteiger partial charge in [-0.25, -0.2) is 18.4 Å². The smallest absolute Gasteiger partial charge is 0.526 e. The third kappa shape index (κ3) is 5.46. The number of fused-ring (bicyclic) bond motifs is 1. The van der Waals surface area contributed by atoms with E-state index in [1.54, 1.807) is 0 Å². The molecule has 0 aliphatic carbocycles. The van der Waals surface area contributed by atoms with E-state index in [9.17, 15) is 48.0 Å². The van der Waals surface area contributed by atoms with Crippen LogP contribution in [0.4, 0.5) is 13.6 Å². The molecule has 36 heavy (non-hydrogen) atoms. The van der Waals surface area contributed by atoms with Gasteiger partial charge in [0, 0.05) is 31.9 Å². The Labute approximate surface area is 203 Å². The molecule has 2 aliphatic rings. The maximum Gasteiger partial charge on any atom is 0.526 e. The van der Waals surface area contributed by atoms with Crippen LogP contribution in [0.15, 0.2) is 12.1 Å². The first kappa shape index (κ1) is 27.0. The molecule has 0 unspecified atom stereocenters. The highest BCUT2D eigenvalue weighted by Crippen LogP contribution is 2.37. The minimum absolute atomic E-state index is 0.0627. The second-order valence-electron chi connectivity index (χ2n) is 8.46. The first-order chi connectivity index (χ1) is 17.0. The van der Waals surface area contributed by atoms with Crippen LogP contribution in [-0.4, -0.2) is 100 Å². The summed E-state index contributed by atoms with van der Waals surface area (Å²) in [6.45, 7) is -0.299. The number of amides is 4. The van der Waals surface area contributed by atoms with E-state index in [4.69, 9.17) is 4.65 Å². The summed E-state index contributed by atoms with van der Waals surface area (Å²) >= 11 is 0. The fourth-order valence-corrected chi connectivity index (χ4v) is 4.12. The van der Waals surface area contributed by atoms with Crippen molar-refractivity contribution in [2.45, 2.75) is 37.7 Å². The number of carbonyl (C=O) groups excluding carboxylic acids is 4. The lowest BCUT2D eigenvalue weighted by Gasteiger charge is -2.33. The molecule has 4 amide bonds. The van der Waals surface area contributed by atoms with Gasteiger partial charge in [0.05, 0.1) is 6.10 Å². The van der Waals surface area contributed by atoms with E-state index in [-0.39, 0.29) is 37.4 Å². The number of aliphatic hydroxyl groups excluding tert-OH is 1. The Balaban J connectivity index is 1.70. The third-order valence-electron chi connectivity index (χ3n) is 6.01. The molecule has 0 radical (unpaired) electrons. The Bertz CT molecular complexity index is 1090. The minimum atomic E-state index is -1.69. The number of aliphatic hydroxyl groups is 1. The van der Waals surface area contributed by atoms with Crippen molar-refractivity contribution in [2.75, 3.05) is 26.3 Å². The number of Topliss-reactive ketones (excluding diaryl/α,β-unsaturated/α-hetero) is 1. The number of imide groups is 1. The highest BCUT2D eigenvalue weighted by molar-refractivity contribution is 6.47. The molecule has 0 bridgehead atoms. The topological polar surface area (TPSA) is 174 Å². The van der Waals surface area contributed by atoms with E-state index in [0.29, 0.717) is 4.90 Å². The molecule has 2 aliphatic heterocycles. The van der Waals surface area contributed by atoms with Gasteiger partial charge in [0.15, 0.2) is 5.78 Å². The van der Waals surface area contributed by atoms with Crippen molar-refractivity contribution in [2.24, 2.45) is 0 Å². The van der Waals surface area contributed by atoms with Crippen molar-refractivity contribution in [1.29, 1.82) is 0 Å². The third-order valence-corrected chi connectivity index (χ3v) is 6.01.